The largest absolute Gasteiger partial charge is 0.377 e. The van der Waals surface area contributed by atoms with Gasteiger partial charge in [-0.3, -0.25) is 4.79 Å². The second-order valence-corrected chi connectivity index (χ2v) is 5.48. The maximum atomic E-state index is 12.2. The summed E-state index contributed by atoms with van der Waals surface area (Å²) in [5.41, 5.74) is 0. The molecule has 1 amide bonds. The van der Waals surface area contributed by atoms with Gasteiger partial charge in [0.2, 0.25) is 5.91 Å². The van der Waals surface area contributed by atoms with E-state index in [0.29, 0.717) is 11.8 Å². The lowest BCUT2D eigenvalue weighted by molar-refractivity contribution is -0.127. The van der Waals surface area contributed by atoms with Gasteiger partial charge < -0.3 is 10.1 Å². The van der Waals surface area contributed by atoms with Crippen molar-refractivity contribution in [1.82, 2.24) is 5.32 Å². The van der Waals surface area contributed by atoms with E-state index >= 15 is 0 Å². The Bertz CT molecular complexity index is 272. The summed E-state index contributed by atoms with van der Waals surface area (Å²) in [6.07, 6.45) is 5.30. The minimum absolute atomic E-state index is 0.0524. The number of halogens is 1. The van der Waals surface area contributed by atoms with Crippen molar-refractivity contribution < 1.29 is 9.53 Å². The summed E-state index contributed by atoms with van der Waals surface area (Å²) in [7, 11) is 0. The van der Waals surface area contributed by atoms with E-state index in [9.17, 15) is 4.79 Å². The van der Waals surface area contributed by atoms with Crippen LogP contribution in [0.2, 0.25) is 0 Å². The minimum Gasteiger partial charge on any atom is -0.377 e. The zero-order chi connectivity index (χ0) is 12.3. The number of ether oxygens (including phenoxy) is 1. The summed E-state index contributed by atoms with van der Waals surface area (Å²) in [6.45, 7) is 2.80. The van der Waals surface area contributed by atoms with Crippen LogP contribution in [0.5, 0.6) is 0 Å². The molecule has 1 N–H and O–H groups in total. The fourth-order valence-corrected chi connectivity index (χ4v) is 3.42. The van der Waals surface area contributed by atoms with Crippen LogP contribution < -0.4 is 5.32 Å². The summed E-state index contributed by atoms with van der Waals surface area (Å²) in [4.78, 5) is 12.2. The third-order valence-electron chi connectivity index (χ3n) is 4.13. The highest BCUT2D eigenvalue weighted by Gasteiger charge is 2.35. The Hall–Kier alpha value is -0.280. The van der Waals surface area contributed by atoms with Gasteiger partial charge in [-0.2, -0.15) is 0 Å². The van der Waals surface area contributed by atoms with E-state index in [1.807, 2.05) is 0 Å². The highest BCUT2D eigenvalue weighted by atomic mass is 35.5. The van der Waals surface area contributed by atoms with Crippen LogP contribution in [-0.2, 0) is 9.53 Å². The fraction of sp³-hybridized carbons (Fsp3) is 0.923. The number of amides is 1. The van der Waals surface area contributed by atoms with E-state index in [-0.39, 0.29) is 24.0 Å². The van der Waals surface area contributed by atoms with Gasteiger partial charge in [0.15, 0.2) is 0 Å². The summed E-state index contributed by atoms with van der Waals surface area (Å²) in [5.74, 6) is 1.35. The third kappa shape index (κ3) is 2.94. The van der Waals surface area contributed by atoms with Crippen LogP contribution in [0, 0.1) is 11.8 Å². The molecule has 98 valence electrons. The first kappa shape index (κ1) is 13.2. The first-order valence-electron chi connectivity index (χ1n) is 6.74. The molecule has 0 spiro atoms. The van der Waals surface area contributed by atoms with Crippen molar-refractivity contribution in [1.29, 1.82) is 0 Å². The van der Waals surface area contributed by atoms with Crippen molar-refractivity contribution in [2.24, 2.45) is 11.8 Å². The molecule has 0 radical (unpaired) electrons. The van der Waals surface area contributed by atoms with Crippen LogP contribution in [0.4, 0.5) is 0 Å². The number of carbonyl (C=O) groups excluding carboxylic acids is 1. The van der Waals surface area contributed by atoms with Gasteiger partial charge in [0.05, 0.1) is 12.0 Å². The molecule has 4 atom stereocenters. The molecule has 0 bridgehead atoms. The average Bonchev–Trinajstić information content (AvgIpc) is 2.96. The Kier molecular flexibility index (Phi) is 4.69. The molecule has 2 rings (SSSR count). The lowest BCUT2D eigenvalue weighted by Crippen LogP contribution is -2.43. The molecule has 2 aliphatic rings. The number of hydrogen-bond acceptors (Lipinski definition) is 2. The van der Waals surface area contributed by atoms with Crippen molar-refractivity contribution in [2.75, 3.05) is 12.5 Å². The molecular formula is C13H22ClNO2. The topological polar surface area (TPSA) is 38.3 Å². The van der Waals surface area contributed by atoms with E-state index in [0.717, 1.165) is 32.3 Å². The van der Waals surface area contributed by atoms with Gasteiger partial charge >= 0.3 is 0 Å². The Morgan fingerprint density at radius 1 is 1.41 bits per heavy atom. The molecule has 1 saturated carbocycles. The number of hydrogen-bond donors (Lipinski definition) is 1. The van der Waals surface area contributed by atoms with E-state index in [1.54, 1.807) is 0 Å². The SMILES string of the molecule is CCC1OCCC1C(=O)NC1CCCC1CCl. The fourth-order valence-electron chi connectivity index (χ4n) is 3.05. The molecule has 1 aliphatic carbocycles. The molecule has 4 heteroatoms. The van der Waals surface area contributed by atoms with E-state index in [1.165, 1.54) is 6.42 Å². The highest BCUT2D eigenvalue weighted by molar-refractivity contribution is 6.18. The number of rotatable bonds is 4. The van der Waals surface area contributed by atoms with E-state index < -0.39 is 0 Å². The number of nitrogens with one attached hydrogen (secondary N) is 1. The first-order chi connectivity index (χ1) is 8.26. The summed E-state index contributed by atoms with van der Waals surface area (Å²) in [6, 6.07) is 0.290. The van der Waals surface area contributed by atoms with Crippen LogP contribution >= 0.6 is 11.6 Å². The smallest absolute Gasteiger partial charge is 0.226 e. The zero-order valence-electron chi connectivity index (χ0n) is 10.5. The van der Waals surface area contributed by atoms with Gasteiger partial charge in [0.1, 0.15) is 0 Å². The molecule has 1 saturated heterocycles. The van der Waals surface area contributed by atoms with Crippen molar-refractivity contribution in [3.05, 3.63) is 0 Å². The normalized spacial score (nSPS) is 37.3. The molecule has 17 heavy (non-hydrogen) atoms. The lowest BCUT2D eigenvalue weighted by atomic mass is 9.97. The summed E-state index contributed by atoms with van der Waals surface area (Å²) >= 11 is 5.93. The number of alkyl halides is 1. The average molecular weight is 260 g/mol. The first-order valence-corrected chi connectivity index (χ1v) is 7.27. The van der Waals surface area contributed by atoms with Crippen molar-refractivity contribution in [3.8, 4) is 0 Å². The molecule has 3 nitrogen and oxygen atoms in total. The predicted molar refractivity (Wildman–Crippen MR) is 68.1 cm³/mol. The molecular weight excluding hydrogens is 238 g/mol. The molecule has 0 aromatic rings. The van der Waals surface area contributed by atoms with Crippen molar-refractivity contribution in [3.63, 3.8) is 0 Å². The van der Waals surface area contributed by atoms with E-state index in [4.69, 9.17) is 16.3 Å². The summed E-state index contributed by atoms with van der Waals surface area (Å²) in [5, 5.41) is 3.18. The Morgan fingerprint density at radius 2 is 2.24 bits per heavy atom. The standard InChI is InChI=1S/C13H22ClNO2/c1-2-12-10(6-7-17-12)13(16)15-11-5-3-4-9(11)8-14/h9-12H,2-8H2,1H3,(H,15,16). The monoisotopic (exact) mass is 259 g/mol. The third-order valence-corrected chi connectivity index (χ3v) is 4.53. The second-order valence-electron chi connectivity index (χ2n) is 5.17. The van der Waals surface area contributed by atoms with Crippen LogP contribution in [0.25, 0.3) is 0 Å². The minimum atomic E-state index is 0.0524. The molecule has 2 fully saturated rings. The maximum Gasteiger partial charge on any atom is 0.226 e. The van der Waals surface area contributed by atoms with Gasteiger partial charge in [0.25, 0.3) is 0 Å². The van der Waals surface area contributed by atoms with Crippen molar-refractivity contribution >= 4 is 17.5 Å². The Balaban J connectivity index is 1.88. The molecule has 0 aromatic carbocycles. The molecule has 1 heterocycles. The second kappa shape index (κ2) is 6.05. The lowest BCUT2D eigenvalue weighted by Gasteiger charge is -2.23. The van der Waals surface area contributed by atoms with Gasteiger partial charge in [-0.1, -0.05) is 13.3 Å². The van der Waals surface area contributed by atoms with Crippen LogP contribution in [0.1, 0.15) is 39.0 Å². The van der Waals surface area contributed by atoms with Gasteiger partial charge in [-0.25, -0.2) is 0 Å². The van der Waals surface area contributed by atoms with Gasteiger partial charge in [0, 0.05) is 18.5 Å². The van der Waals surface area contributed by atoms with E-state index in [2.05, 4.69) is 12.2 Å². The molecule has 1 aliphatic heterocycles. The number of carbonyl (C=O) groups is 1. The maximum absolute atomic E-state index is 12.2. The zero-order valence-corrected chi connectivity index (χ0v) is 11.2. The van der Waals surface area contributed by atoms with Crippen LogP contribution in [-0.4, -0.2) is 30.5 Å². The quantitative estimate of drug-likeness (QED) is 0.787. The van der Waals surface area contributed by atoms with Gasteiger partial charge in [-0.05, 0) is 31.6 Å². The highest BCUT2D eigenvalue weighted by Crippen LogP contribution is 2.28. The summed E-state index contributed by atoms with van der Waals surface area (Å²) < 4.78 is 5.57. The Morgan fingerprint density at radius 3 is 2.94 bits per heavy atom. The molecule has 4 unspecified atom stereocenters. The molecule has 0 aromatic heterocycles. The predicted octanol–water partition coefficient (Wildman–Crippen LogP) is 2.33. The van der Waals surface area contributed by atoms with Crippen LogP contribution in [0.3, 0.4) is 0 Å². The van der Waals surface area contributed by atoms with Crippen molar-refractivity contribution in [2.45, 2.75) is 51.2 Å². The van der Waals surface area contributed by atoms with Crippen LogP contribution in [0.15, 0.2) is 0 Å². The Labute approximate surface area is 108 Å². The van der Waals surface area contributed by atoms with Gasteiger partial charge in [-0.15, -0.1) is 11.6 Å².